The quantitative estimate of drug-likeness (QED) is 0.518. The van der Waals surface area contributed by atoms with Gasteiger partial charge in [0.25, 0.3) is 0 Å². The van der Waals surface area contributed by atoms with Crippen molar-refractivity contribution in [1.29, 1.82) is 0 Å². The van der Waals surface area contributed by atoms with Gasteiger partial charge >= 0.3 is 49.6 Å². The third-order valence-electron chi connectivity index (χ3n) is 0. The van der Waals surface area contributed by atoms with Crippen LogP contribution in [0.1, 0.15) is 0 Å². The van der Waals surface area contributed by atoms with E-state index in [1.807, 2.05) is 0 Å². The molecule has 0 unspecified atom stereocenters. The average Bonchev–Trinajstić information content (AvgIpc) is 0.722. The van der Waals surface area contributed by atoms with E-state index in [0.29, 0.717) is 0 Å². The molecule has 0 aliphatic carbocycles. The van der Waals surface area contributed by atoms with Crippen LogP contribution >= 0.6 is 38.1 Å². The van der Waals surface area contributed by atoms with Gasteiger partial charge in [0.05, 0.1) is 0 Å². The molecular formula is Cl4ReRh. The van der Waals surface area contributed by atoms with Crippen molar-refractivity contribution < 1.29 is 30.9 Å². The molecule has 0 fully saturated rings. The zero-order valence-electron chi connectivity index (χ0n) is 2.22. The van der Waals surface area contributed by atoms with Crippen molar-refractivity contribution in [3.63, 3.8) is 0 Å². The van der Waals surface area contributed by atoms with Crippen LogP contribution in [0.2, 0.25) is 0 Å². The van der Waals surface area contributed by atoms with E-state index in [1.165, 1.54) is 0 Å². The molecule has 0 aromatic rings. The first-order chi connectivity index (χ1) is 2.00. The Hall–Kier alpha value is 2.45. The van der Waals surface area contributed by atoms with Crippen molar-refractivity contribution in [2.75, 3.05) is 0 Å². The van der Waals surface area contributed by atoms with Crippen LogP contribution in [0, 0.1) is 0 Å². The predicted molar refractivity (Wildman–Crippen MR) is 23.4 cm³/mol. The van der Waals surface area contributed by atoms with Gasteiger partial charge in [-0.05, 0) is 0 Å². The Bertz CT molecular complexity index is 23.0. The number of hydrogen-bond donors (Lipinski definition) is 0. The van der Waals surface area contributed by atoms with Gasteiger partial charge < -0.3 is 0 Å². The molecule has 0 aromatic carbocycles. The maximum atomic E-state index is 5.03. The van der Waals surface area contributed by atoms with Gasteiger partial charge in [-0.1, -0.05) is 0 Å². The van der Waals surface area contributed by atoms with E-state index in [9.17, 15) is 0 Å². The minimum atomic E-state index is -3.22. The Morgan fingerprint density at radius 3 is 0.833 bits per heavy atom. The molecule has 0 saturated heterocycles. The Kier molecular flexibility index (Phi) is 8.15. The molecule has 0 bridgehead atoms. The topological polar surface area (TPSA) is 0 Å². The molecule has 0 heterocycles. The van der Waals surface area contributed by atoms with E-state index in [2.05, 4.69) is 0 Å². The molecule has 1 radical (unpaired) electrons. The minimum absolute atomic E-state index is 0. The van der Waals surface area contributed by atoms with E-state index in [-0.39, 0.29) is 19.5 Å². The molecule has 0 spiro atoms. The smallest absolute Gasteiger partial charge is 0 e. The zero-order valence-corrected chi connectivity index (χ0v) is 9.60. The molecule has 0 nitrogen and oxygen atoms in total. The van der Waals surface area contributed by atoms with Gasteiger partial charge in [-0.25, -0.2) is 0 Å². The van der Waals surface area contributed by atoms with Gasteiger partial charge in [0.2, 0.25) is 0 Å². The molecule has 0 aliphatic rings. The first-order valence-electron chi connectivity index (χ1n) is 0.571. The largest absolute Gasteiger partial charge is 0 e. The maximum Gasteiger partial charge on any atom is 0 e. The van der Waals surface area contributed by atoms with E-state index in [0.717, 1.165) is 0 Å². The summed E-state index contributed by atoms with van der Waals surface area (Å²) in [5.74, 6) is 0. The number of rotatable bonds is 0. The normalized spacial score (nSPS) is 12.7. The fourth-order valence-electron chi connectivity index (χ4n) is 0. The number of hydrogen-bond acceptors (Lipinski definition) is 0. The SMILES string of the molecule is [Cl][Re]([Cl])([Cl])[Cl].[Rh]. The van der Waals surface area contributed by atoms with Crippen LogP contribution in [0.5, 0.6) is 0 Å². The fourth-order valence-corrected chi connectivity index (χ4v) is 0. The fraction of sp³-hybridized carbons (Fsp3) is 0. The van der Waals surface area contributed by atoms with Crippen LogP contribution in [0.15, 0.2) is 0 Å². The Morgan fingerprint density at radius 2 is 0.833 bits per heavy atom. The third kappa shape index (κ3) is 32.0. The van der Waals surface area contributed by atoms with Gasteiger partial charge in [-0.3, -0.25) is 0 Å². The minimum Gasteiger partial charge on any atom is 0 e. The monoisotopic (exact) mass is 430 g/mol. The van der Waals surface area contributed by atoms with Crippen LogP contribution in [-0.4, -0.2) is 0 Å². The predicted octanol–water partition coefficient (Wildman–Crippen LogP) is 2.75. The van der Waals surface area contributed by atoms with Crippen molar-refractivity contribution in [2.24, 2.45) is 0 Å². The average molecular weight is 431 g/mol. The molecule has 0 rings (SSSR count). The first kappa shape index (κ1) is 11.3. The van der Waals surface area contributed by atoms with E-state index < -0.39 is 11.5 Å². The second kappa shape index (κ2) is 4.34. The molecule has 0 aromatic heterocycles. The Morgan fingerprint density at radius 1 is 0.833 bits per heavy atom. The van der Waals surface area contributed by atoms with Gasteiger partial charge in [0, 0.05) is 19.5 Å². The molecule has 0 N–H and O–H groups in total. The third-order valence-corrected chi connectivity index (χ3v) is 0. The number of halogens is 4. The Labute approximate surface area is 68.2 Å². The summed E-state index contributed by atoms with van der Waals surface area (Å²) in [5, 5.41) is 0. The van der Waals surface area contributed by atoms with E-state index in [4.69, 9.17) is 38.1 Å². The summed E-state index contributed by atoms with van der Waals surface area (Å²) in [5.41, 5.74) is 0. The van der Waals surface area contributed by atoms with Gasteiger partial charge in [0.15, 0.2) is 0 Å². The maximum absolute atomic E-state index is 5.03. The molecule has 0 aliphatic heterocycles. The van der Waals surface area contributed by atoms with Gasteiger partial charge in [0.1, 0.15) is 0 Å². The van der Waals surface area contributed by atoms with Crippen molar-refractivity contribution >= 4 is 38.1 Å². The summed E-state index contributed by atoms with van der Waals surface area (Å²) < 4.78 is 0. The van der Waals surface area contributed by atoms with Crippen LogP contribution in [0.4, 0.5) is 0 Å². The van der Waals surface area contributed by atoms with Crippen LogP contribution in [0.25, 0.3) is 0 Å². The second-order valence-corrected chi connectivity index (χ2v) is 23.9. The summed E-state index contributed by atoms with van der Waals surface area (Å²) in [6, 6.07) is 0. The van der Waals surface area contributed by atoms with Crippen LogP contribution in [0.3, 0.4) is 0 Å². The molecular weight excluding hydrogens is 431 g/mol. The Balaban J connectivity index is 0. The molecule has 0 amide bonds. The first-order valence-corrected chi connectivity index (χ1v) is 14.0. The van der Waals surface area contributed by atoms with Crippen molar-refractivity contribution in [1.82, 2.24) is 0 Å². The van der Waals surface area contributed by atoms with E-state index >= 15 is 0 Å². The van der Waals surface area contributed by atoms with Crippen molar-refractivity contribution in [2.45, 2.75) is 0 Å². The second-order valence-electron chi connectivity index (χ2n) is 0.324. The summed E-state index contributed by atoms with van der Waals surface area (Å²) in [4.78, 5) is 0. The molecule has 6 heavy (non-hydrogen) atoms. The summed E-state index contributed by atoms with van der Waals surface area (Å²) in [7, 11) is 20.1. The standard InChI is InChI=1S/4ClH.Re.Rh/h4*1H;;/q;;;;+4;/p-4. The molecule has 44 valence electrons. The van der Waals surface area contributed by atoms with Gasteiger partial charge in [-0.2, -0.15) is 0 Å². The van der Waals surface area contributed by atoms with Crippen molar-refractivity contribution in [3.8, 4) is 0 Å². The summed E-state index contributed by atoms with van der Waals surface area (Å²) >= 11 is -3.22. The van der Waals surface area contributed by atoms with Crippen LogP contribution < -0.4 is 0 Å². The van der Waals surface area contributed by atoms with Crippen molar-refractivity contribution in [3.05, 3.63) is 0 Å². The molecule has 6 heteroatoms. The zero-order chi connectivity index (χ0) is 4.50. The summed E-state index contributed by atoms with van der Waals surface area (Å²) in [6.45, 7) is 0. The molecule has 0 atom stereocenters. The van der Waals surface area contributed by atoms with Crippen LogP contribution in [-0.2, 0) is 30.9 Å². The van der Waals surface area contributed by atoms with E-state index in [1.54, 1.807) is 0 Å². The molecule has 0 saturated carbocycles. The van der Waals surface area contributed by atoms with Gasteiger partial charge in [-0.15, -0.1) is 0 Å². The summed E-state index contributed by atoms with van der Waals surface area (Å²) in [6.07, 6.45) is 0.